The Morgan fingerprint density at radius 1 is 1.03 bits per heavy atom. The minimum atomic E-state index is -0.0805. The molecule has 0 saturated carbocycles. The number of tetrazole rings is 1. The summed E-state index contributed by atoms with van der Waals surface area (Å²) in [5.74, 6) is 0.144. The van der Waals surface area contributed by atoms with Gasteiger partial charge in [-0.15, -0.1) is 5.10 Å². The summed E-state index contributed by atoms with van der Waals surface area (Å²) < 4.78 is 3.62. The van der Waals surface area contributed by atoms with Crippen molar-refractivity contribution in [2.45, 2.75) is 39.0 Å². The maximum atomic E-state index is 12.5. The van der Waals surface area contributed by atoms with Gasteiger partial charge in [0.2, 0.25) is 11.1 Å². The van der Waals surface area contributed by atoms with Gasteiger partial charge < -0.3 is 5.32 Å². The molecule has 2 aromatic heterocycles. The van der Waals surface area contributed by atoms with Crippen LogP contribution in [-0.2, 0) is 17.9 Å². The molecular formula is C23H25N7OS. The second-order valence-electron chi connectivity index (χ2n) is 7.57. The fraction of sp³-hybridized carbons (Fsp3) is 0.261. The number of aryl methyl sites for hydroxylation is 2. The average Bonchev–Trinajstić information content (AvgIpc) is 3.36. The second kappa shape index (κ2) is 9.78. The highest BCUT2D eigenvalue weighted by molar-refractivity contribution is 7.99. The van der Waals surface area contributed by atoms with Crippen LogP contribution in [0.1, 0.15) is 28.1 Å². The van der Waals surface area contributed by atoms with Crippen LogP contribution < -0.4 is 5.32 Å². The molecule has 0 spiro atoms. The standard InChI is InChI=1S/C23H25N7OS/c1-16-9-11-20(12-10-16)30-23(25-27-28-30)32-15-22(31)24-13-21-17(2)26-29(18(21)3)14-19-7-5-4-6-8-19/h4-12H,13-15H2,1-3H3,(H,24,31). The van der Waals surface area contributed by atoms with Crippen LogP contribution in [0.25, 0.3) is 5.69 Å². The molecule has 0 unspecified atom stereocenters. The third-order valence-corrected chi connectivity index (χ3v) is 6.14. The zero-order valence-corrected chi connectivity index (χ0v) is 19.1. The number of rotatable bonds is 8. The molecular weight excluding hydrogens is 422 g/mol. The lowest BCUT2D eigenvalue weighted by Crippen LogP contribution is -2.25. The van der Waals surface area contributed by atoms with Crippen molar-refractivity contribution in [3.63, 3.8) is 0 Å². The summed E-state index contributed by atoms with van der Waals surface area (Å²) in [6, 6.07) is 18.1. The lowest BCUT2D eigenvalue weighted by Gasteiger charge is -2.08. The summed E-state index contributed by atoms with van der Waals surface area (Å²) in [5.41, 5.74) is 6.24. The van der Waals surface area contributed by atoms with E-state index in [2.05, 4.69) is 38.1 Å². The number of nitrogens with one attached hydrogen (secondary N) is 1. The predicted molar refractivity (Wildman–Crippen MR) is 124 cm³/mol. The number of amides is 1. The molecule has 8 nitrogen and oxygen atoms in total. The summed E-state index contributed by atoms with van der Waals surface area (Å²) in [4.78, 5) is 12.5. The van der Waals surface area contributed by atoms with Crippen molar-refractivity contribution in [1.29, 1.82) is 0 Å². The van der Waals surface area contributed by atoms with E-state index in [-0.39, 0.29) is 11.7 Å². The second-order valence-corrected chi connectivity index (χ2v) is 8.51. The van der Waals surface area contributed by atoms with E-state index in [1.54, 1.807) is 4.68 Å². The highest BCUT2D eigenvalue weighted by atomic mass is 32.2. The van der Waals surface area contributed by atoms with Gasteiger partial charge in [-0.3, -0.25) is 9.48 Å². The van der Waals surface area contributed by atoms with Gasteiger partial charge in [-0.1, -0.05) is 59.8 Å². The highest BCUT2D eigenvalue weighted by Gasteiger charge is 2.15. The quantitative estimate of drug-likeness (QED) is 0.417. The highest BCUT2D eigenvalue weighted by Crippen LogP contribution is 2.19. The van der Waals surface area contributed by atoms with Gasteiger partial charge in [0, 0.05) is 17.8 Å². The van der Waals surface area contributed by atoms with E-state index >= 15 is 0 Å². The van der Waals surface area contributed by atoms with Gasteiger partial charge in [-0.2, -0.15) is 9.78 Å². The molecule has 0 atom stereocenters. The summed E-state index contributed by atoms with van der Waals surface area (Å²) >= 11 is 1.31. The lowest BCUT2D eigenvalue weighted by molar-refractivity contribution is -0.118. The SMILES string of the molecule is Cc1ccc(-n2nnnc2SCC(=O)NCc2c(C)nn(Cc3ccccc3)c2C)cc1. The molecule has 0 aliphatic carbocycles. The molecule has 0 bridgehead atoms. The number of nitrogens with zero attached hydrogens (tertiary/aromatic N) is 6. The molecule has 2 aromatic carbocycles. The summed E-state index contributed by atoms with van der Waals surface area (Å²) in [7, 11) is 0. The van der Waals surface area contributed by atoms with E-state index < -0.39 is 0 Å². The van der Waals surface area contributed by atoms with Crippen LogP contribution in [0.4, 0.5) is 0 Å². The van der Waals surface area contributed by atoms with Crippen molar-refractivity contribution in [1.82, 2.24) is 35.3 Å². The monoisotopic (exact) mass is 447 g/mol. The summed E-state index contributed by atoms with van der Waals surface area (Å²) in [6.07, 6.45) is 0. The van der Waals surface area contributed by atoms with Crippen LogP contribution in [0, 0.1) is 20.8 Å². The Morgan fingerprint density at radius 3 is 2.53 bits per heavy atom. The maximum Gasteiger partial charge on any atom is 0.230 e. The molecule has 164 valence electrons. The first-order valence-electron chi connectivity index (χ1n) is 10.3. The van der Waals surface area contributed by atoms with Crippen LogP contribution in [-0.4, -0.2) is 41.6 Å². The Bertz CT molecular complexity index is 1200. The minimum absolute atomic E-state index is 0.0805. The number of carbonyl (C=O) groups excluding carboxylic acids is 1. The lowest BCUT2D eigenvalue weighted by atomic mass is 10.2. The van der Waals surface area contributed by atoms with Crippen molar-refractivity contribution in [3.8, 4) is 5.69 Å². The molecule has 2 heterocycles. The van der Waals surface area contributed by atoms with Gasteiger partial charge in [0.05, 0.1) is 23.7 Å². The number of thioether (sulfide) groups is 1. The average molecular weight is 448 g/mol. The van der Waals surface area contributed by atoms with Crippen molar-refractivity contribution in [2.75, 3.05) is 5.75 Å². The number of carbonyl (C=O) groups is 1. The Morgan fingerprint density at radius 2 is 1.78 bits per heavy atom. The molecule has 4 aromatic rings. The van der Waals surface area contributed by atoms with E-state index in [1.165, 1.54) is 17.3 Å². The van der Waals surface area contributed by atoms with E-state index in [4.69, 9.17) is 0 Å². The fourth-order valence-electron chi connectivity index (χ4n) is 3.39. The van der Waals surface area contributed by atoms with Crippen molar-refractivity contribution < 1.29 is 4.79 Å². The Balaban J connectivity index is 1.34. The van der Waals surface area contributed by atoms with Gasteiger partial charge in [0.25, 0.3) is 0 Å². The van der Waals surface area contributed by atoms with Crippen LogP contribution in [0.3, 0.4) is 0 Å². The molecule has 32 heavy (non-hydrogen) atoms. The zero-order chi connectivity index (χ0) is 22.5. The predicted octanol–water partition coefficient (Wildman–Crippen LogP) is 3.24. The molecule has 1 amide bonds. The molecule has 0 aliphatic heterocycles. The Kier molecular flexibility index (Phi) is 6.65. The molecule has 0 radical (unpaired) electrons. The molecule has 9 heteroatoms. The van der Waals surface area contributed by atoms with Gasteiger partial charge in [-0.05, 0) is 48.9 Å². The van der Waals surface area contributed by atoms with Crippen LogP contribution in [0.15, 0.2) is 59.8 Å². The van der Waals surface area contributed by atoms with Crippen LogP contribution in [0.5, 0.6) is 0 Å². The summed E-state index contributed by atoms with van der Waals surface area (Å²) in [6.45, 7) is 7.18. The summed E-state index contributed by atoms with van der Waals surface area (Å²) in [5, 5.41) is 20.1. The third kappa shape index (κ3) is 5.05. The Labute approximate surface area is 191 Å². The number of hydrogen-bond acceptors (Lipinski definition) is 6. The van der Waals surface area contributed by atoms with Gasteiger partial charge >= 0.3 is 0 Å². The number of benzene rings is 2. The minimum Gasteiger partial charge on any atom is -0.351 e. The third-order valence-electron chi connectivity index (χ3n) is 5.22. The molecule has 0 aliphatic rings. The zero-order valence-electron chi connectivity index (χ0n) is 18.3. The molecule has 0 saturated heterocycles. The van der Waals surface area contributed by atoms with Gasteiger partial charge in [0.15, 0.2) is 0 Å². The first-order valence-corrected chi connectivity index (χ1v) is 11.3. The first kappa shape index (κ1) is 21.8. The number of aromatic nitrogens is 6. The normalized spacial score (nSPS) is 11.0. The molecule has 4 rings (SSSR count). The van der Waals surface area contributed by atoms with Crippen molar-refractivity contribution in [3.05, 3.63) is 82.7 Å². The molecule has 1 N–H and O–H groups in total. The van der Waals surface area contributed by atoms with Gasteiger partial charge in [0.1, 0.15) is 0 Å². The number of hydrogen-bond donors (Lipinski definition) is 1. The molecule has 0 fully saturated rings. The van der Waals surface area contributed by atoms with Crippen LogP contribution in [0.2, 0.25) is 0 Å². The largest absolute Gasteiger partial charge is 0.351 e. The van der Waals surface area contributed by atoms with Crippen LogP contribution >= 0.6 is 11.8 Å². The van der Waals surface area contributed by atoms with Gasteiger partial charge in [-0.25, -0.2) is 0 Å². The smallest absolute Gasteiger partial charge is 0.230 e. The first-order chi connectivity index (χ1) is 15.5. The Hall–Kier alpha value is -3.46. The topological polar surface area (TPSA) is 90.5 Å². The maximum absolute atomic E-state index is 12.5. The van der Waals surface area contributed by atoms with E-state index in [1.807, 2.05) is 67.9 Å². The van der Waals surface area contributed by atoms with E-state index in [0.717, 1.165) is 28.2 Å². The van der Waals surface area contributed by atoms with Crippen molar-refractivity contribution in [2.24, 2.45) is 0 Å². The van der Waals surface area contributed by atoms with E-state index in [9.17, 15) is 4.79 Å². The van der Waals surface area contributed by atoms with Crippen molar-refractivity contribution >= 4 is 17.7 Å². The fourth-order valence-corrected chi connectivity index (χ4v) is 4.11. The van der Waals surface area contributed by atoms with E-state index in [0.29, 0.717) is 18.2 Å².